The largest absolute Gasteiger partial charge is 0.457 e. The highest BCUT2D eigenvalue weighted by Crippen LogP contribution is 2.29. The minimum atomic E-state index is -0.0120. The number of aliphatic hydroxyl groups is 1. The van der Waals surface area contributed by atoms with Gasteiger partial charge in [-0.3, -0.25) is 0 Å². The van der Waals surface area contributed by atoms with Crippen LogP contribution < -0.4 is 4.74 Å². The molecule has 2 aromatic rings. The van der Waals surface area contributed by atoms with E-state index < -0.39 is 0 Å². The van der Waals surface area contributed by atoms with Crippen LogP contribution in [0.3, 0.4) is 0 Å². The number of aliphatic hydroxyl groups excluding tert-OH is 1. The lowest BCUT2D eigenvalue weighted by Gasteiger charge is -2.12. The van der Waals surface area contributed by atoms with Crippen molar-refractivity contribution in [3.05, 3.63) is 58.7 Å². The summed E-state index contributed by atoms with van der Waals surface area (Å²) in [4.78, 5) is 0. The van der Waals surface area contributed by atoms with Crippen molar-refractivity contribution in [3.63, 3.8) is 0 Å². The molecule has 1 N–H and O–H groups in total. The van der Waals surface area contributed by atoms with Crippen LogP contribution in [0.1, 0.15) is 22.3 Å². The Hall–Kier alpha value is -1.80. The van der Waals surface area contributed by atoms with Crippen molar-refractivity contribution in [1.29, 1.82) is 0 Å². The van der Waals surface area contributed by atoms with E-state index in [0.717, 1.165) is 28.2 Å². The number of benzene rings is 2. The zero-order chi connectivity index (χ0) is 13.1. The van der Waals surface area contributed by atoms with E-state index in [2.05, 4.69) is 13.0 Å². The first-order valence-electron chi connectivity index (χ1n) is 6.05. The Labute approximate surface area is 108 Å². The molecule has 0 radical (unpaired) electrons. The third-order valence-electron chi connectivity index (χ3n) is 2.94. The van der Waals surface area contributed by atoms with Gasteiger partial charge in [-0.1, -0.05) is 35.4 Å². The lowest BCUT2D eigenvalue weighted by atomic mass is 10.1. The van der Waals surface area contributed by atoms with Crippen LogP contribution in [0.4, 0.5) is 0 Å². The van der Waals surface area contributed by atoms with Crippen molar-refractivity contribution in [1.82, 2.24) is 0 Å². The van der Waals surface area contributed by atoms with Crippen LogP contribution in [0, 0.1) is 20.8 Å². The van der Waals surface area contributed by atoms with Crippen LogP contribution in [0.15, 0.2) is 36.4 Å². The molecule has 0 atom stereocenters. The minimum absolute atomic E-state index is 0.0120. The summed E-state index contributed by atoms with van der Waals surface area (Å²) in [5.41, 5.74) is 4.24. The molecule has 0 bridgehead atoms. The Kier molecular flexibility index (Phi) is 3.68. The van der Waals surface area contributed by atoms with E-state index in [1.807, 2.05) is 44.2 Å². The highest BCUT2D eigenvalue weighted by atomic mass is 16.5. The summed E-state index contributed by atoms with van der Waals surface area (Å²) in [7, 11) is 0. The molecule has 2 heteroatoms. The molecule has 0 heterocycles. The van der Waals surface area contributed by atoms with E-state index in [1.54, 1.807) is 0 Å². The van der Waals surface area contributed by atoms with Crippen molar-refractivity contribution in [2.24, 2.45) is 0 Å². The monoisotopic (exact) mass is 242 g/mol. The van der Waals surface area contributed by atoms with Gasteiger partial charge in [0.25, 0.3) is 0 Å². The third kappa shape index (κ3) is 2.71. The second kappa shape index (κ2) is 5.23. The normalized spacial score (nSPS) is 10.4. The van der Waals surface area contributed by atoms with Crippen LogP contribution in [0.5, 0.6) is 11.5 Å². The fourth-order valence-corrected chi connectivity index (χ4v) is 1.96. The topological polar surface area (TPSA) is 29.5 Å². The second-order valence-corrected chi connectivity index (χ2v) is 4.64. The van der Waals surface area contributed by atoms with Crippen LogP contribution in [0.2, 0.25) is 0 Å². The summed E-state index contributed by atoms with van der Waals surface area (Å²) in [6.07, 6.45) is 0. The Bertz CT molecular complexity index is 559. The Balaban J connectivity index is 2.33. The van der Waals surface area contributed by atoms with Gasteiger partial charge < -0.3 is 9.84 Å². The van der Waals surface area contributed by atoms with E-state index in [1.165, 1.54) is 5.56 Å². The Morgan fingerprint density at radius 3 is 2.11 bits per heavy atom. The molecule has 2 rings (SSSR count). The van der Waals surface area contributed by atoms with Crippen LogP contribution in [-0.2, 0) is 6.61 Å². The first-order chi connectivity index (χ1) is 8.60. The third-order valence-corrected chi connectivity index (χ3v) is 2.94. The molecule has 18 heavy (non-hydrogen) atoms. The van der Waals surface area contributed by atoms with Crippen molar-refractivity contribution in [2.45, 2.75) is 27.4 Å². The van der Waals surface area contributed by atoms with Crippen LogP contribution >= 0.6 is 0 Å². The molecule has 0 amide bonds. The number of aryl methyl sites for hydroxylation is 3. The van der Waals surface area contributed by atoms with Gasteiger partial charge in [0.2, 0.25) is 0 Å². The molecule has 0 fully saturated rings. The maximum absolute atomic E-state index is 9.35. The van der Waals surface area contributed by atoms with Crippen LogP contribution in [-0.4, -0.2) is 5.11 Å². The molecule has 2 nitrogen and oxygen atoms in total. The smallest absolute Gasteiger partial charge is 0.132 e. The summed E-state index contributed by atoms with van der Waals surface area (Å²) in [5, 5.41) is 9.35. The molecule has 0 aliphatic rings. The van der Waals surface area contributed by atoms with Crippen molar-refractivity contribution in [3.8, 4) is 11.5 Å². The Morgan fingerprint density at radius 2 is 1.50 bits per heavy atom. The van der Waals surface area contributed by atoms with Gasteiger partial charge in [0.1, 0.15) is 11.5 Å². The molecule has 0 unspecified atom stereocenters. The molecule has 0 saturated carbocycles. The molecule has 0 aliphatic heterocycles. The van der Waals surface area contributed by atoms with E-state index in [4.69, 9.17) is 4.74 Å². The zero-order valence-electron chi connectivity index (χ0n) is 11.0. The summed E-state index contributed by atoms with van der Waals surface area (Å²) in [5.74, 6) is 1.55. The lowest BCUT2D eigenvalue weighted by Crippen LogP contribution is -1.94. The molecule has 2 aromatic carbocycles. The number of hydrogen-bond donors (Lipinski definition) is 1. The fraction of sp³-hybridized carbons (Fsp3) is 0.250. The van der Waals surface area contributed by atoms with Gasteiger partial charge in [0.15, 0.2) is 0 Å². The van der Waals surface area contributed by atoms with E-state index >= 15 is 0 Å². The van der Waals surface area contributed by atoms with Crippen molar-refractivity contribution in [2.75, 3.05) is 0 Å². The molecule has 94 valence electrons. The lowest BCUT2D eigenvalue weighted by molar-refractivity contribution is 0.276. The summed E-state index contributed by atoms with van der Waals surface area (Å²) >= 11 is 0. The number of hydrogen-bond acceptors (Lipinski definition) is 2. The SMILES string of the molecule is Cc1ccc(Oc2ccc(C)cc2CO)c(C)c1. The Morgan fingerprint density at radius 1 is 0.889 bits per heavy atom. The average molecular weight is 242 g/mol. The maximum atomic E-state index is 9.35. The van der Waals surface area contributed by atoms with Gasteiger partial charge in [0.05, 0.1) is 6.61 Å². The molecular formula is C16H18O2. The van der Waals surface area contributed by atoms with Crippen molar-refractivity contribution >= 4 is 0 Å². The highest BCUT2D eigenvalue weighted by molar-refractivity contribution is 5.43. The first kappa shape index (κ1) is 12.7. The minimum Gasteiger partial charge on any atom is -0.457 e. The molecule has 0 aromatic heterocycles. The quantitative estimate of drug-likeness (QED) is 0.884. The van der Waals surface area contributed by atoms with E-state index in [-0.39, 0.29) is 6.61 Å². The van der Waals surface area contributed by atoms with Gasteiger partial charge in [-0.25, -0.2) is 0 Å². The predicted molar refractivity (Wildman–Crippen MR) is 73.1 cm³/mol. The van der Waals surface area contributed by atoms with E-state index in [0.29, 0.717) is 0 Å². The van der Waals surface area contributed by atoms with Gasteiger partial charge in [-0.2, -0.15) is 0 Å². The van der Waals surface area contributed by atoms with Gasteiger partial charge in [0, 0.05) is 5.56 Å². The molecule has 0 saturated heterocycles. The number of ether oxygens (including phenoxy) is 1. The van der Waals surface area contributed by atoms with Gasteiger partial charge in [-0.05, 0) is 38.5 Å². The maximum Gasteiger partial charge on any atom is 0.132 e. The standard InChI is InChI=1S/C16H18O2/c1-11-4-6-15(13(3)8-11)18-16-7-5-12(2)9-14(16)10-17/h4-9,17H,10H2,1-3H3. The first-order valence-corrected chi connectivity index (χ1v) is 6.05. The summed E-state index contributed by atoms with van der Waals surface area (Å²) < 4.78 is 5.88. The van der Waals surface area contributed by atoms with Gasteiger partial charge in [-0.15, -0.1) is 0 Å². The second-order valence-electron chi connectivity index (χ2n) is 4.64. The molecule has 0 spiro atoms. The number of rotatable bonds is 3. The zero-order valence-corrected chi connectivity index (χ0v) is 11.0. The molecular weight excluding hydrogens is 224 g/mol. The van der Waals surface area contributed by atoms with E-state index in [9.17, 15) is 5.11 Å². The van der Waals surface area contributed by atoms with Gasteiger partial charge >= 0.3 is 0 Å². The summed E-state index contributed by atoms with van der Waals surface area (Å²) in [6, 6.07) is 11.9. The van der Waals surface area contributed by atoms with Crippen molar-refractivity contribution < 1.29 is 9.84 Å². The summed E-state index contributed by atoms with van der Waals surface area (Å²) in [6.45, 7) is 6.07. The fourth-order valence-electron chi connectivity index (χ4n) is 1.96. The predicted octanol–water partition coefficient (Wildman–Crippen LogP) is 3.90. The molecule has 0 aliphatic carbocycles. The highest BCUT2D eigenvalue weighted by Gasteiger charge is 2.06. The average Bonchev–Trinajstić information content (AvgIpc) is 2.34. The van der Waals surface area contributed by atoms with Crippen LogP contribution in [0.25, 0.3) is 0 Å².